The lowest BCUT2D eigenvalue weighted by atomic mass is 10.1. The van der Waals surface area contributed by atoms with Gasteiger partial charge in [-0.3, -0.25) is 14.2 Å². The Bertz CT molecular complexity index is 1370. The van der Waals surface area contributed by atoms with Crippen molar-refractivity contribution in [2.24, 2.45) is 0 Å². The first-order valence-electron chi connectivity index (χ1n) is 9.52. The molecule has 8 nitrogen and oxygen atoms in total. The summed E-state index contributed by atoms with van der Waals surface area (Å²) in [5.41, 5.74) is 3.23. The normalized spacial score (nSPS) is 11.6. The Balaban J connectivity index is 1.73. The monoisotopic (exact) mass is 473 g/mol. The van der Waals surface area contributed by atoms with Gasteiger partial charge in [0.25, 0.3) is 15.9 Å². The number of rotatable bonds is 7. The van der Waals surface area contributed by atoms with Crippen molar-refractivity contribution >= 4 is 43.0 Å². The van der Waals surface area contributed by atoms with E-state index in [-0.39, 0.29) is 16.1 Å². The molecule has 0 bridgehead atoms. The van der Waals surface area contributed by atoms with Gasteiger partial charge in [0.15, 0.2) is 0 Å². The predicted molar refractivity (Wildman–Crippen MR) is 126 cm³/mol. The highest BCUT2D eigenvalue weighted by Gasteiger charge is 2.16. The molecule has 3 rings (SSSR count). The summed E-state index contributed by atoms with van der Waals surface area (Å²) < 4.78 is 53.0. The van der Waals surface area contributed by atoms with E-state index in [1.165, 1.54) is 42.5 Å². The molecule has 0 aromatic heterocycles. The van der Waals surface area contributed by atoms with Crippen LogP contribution in [-0.2, 0) is 20.0 Å². The first-order chi connectivity index (χ1) is 14.9. The Morgan fingerprint density at radius 3 is 2.09 bits per heavy atom. The van der Waals surface area contributed by atoms with Crippen LogP contribution < -0.4 is 14.8 Å². The minimum absolute atomic E-state index is 0.0508. The van der Waals surface area contributed by atoms with Gasteiger partial charge in [0, 0.05) is 16.9 Å². The van der Waals surface area contributed by atoms with E-state index in [1.54, 1.807) is 12.1 Å². The van der Waals surface area contributed by atoms with E-state index in [1.807, 2.05) is 26.0 Å². The summed E-state index contributed by atoms with van der Waals surface area (Å²) in [5, 5.41) is 2.66. The summed E-state index contributed by atoms with van der Waals surface area (Å²) in [5.74, 6) is -0.467. The van der Waals surface area contributed by atoms with Crippen molar-refractivity contribution in [3.8, 4) is 0 Å². The average molecular weight is 474 g/mol. The zero-order valence-electron chi connectivity index (χ0n) is 17.7. The third-order valence-electron chi connectivity index (χ3n) is 4.48. The largest absolute Gasteiger partial charge is 0.322 e. The van der Waals surface area contributed by atoms with Gasteiger partial charge in [-0.05, 0) is 67.9 Å². The maximum Gasteiger partial charge on any atom is 0.261 e. The molecule has 0 saturated heterocycles. The van der Waals surface area contributed by atoms with Crippen LogP contribution in [0.2, 0.25) is 0 Å². The highest BCUT2D eigenvalue weighted by molar-refractivity contribution is 7.92. The van der Waals surface area contributed by atoms with Crippen molar-refractivity contribution in [3.05, 3.63) is 83.4 Å². The minimum atomic E-state index is -3.80. The molecule has 0 radical (unpaired) electrons. The van der Waals surface area contributed by atoms with Crippen LogP contribution in [0.4, 0.5) is 17.1 Å². The molecule has 0 unspecified atom stereocenters. The van der Waals surface area contributed by atoms with Gasteiger partial charge < -0.3 is 5.32 Å². The van der Waals surface area contributed by atoms with Gasteiger partial charge in [0.2, 0.25) is 10.0 Å². The van der Waals surface area contributed by atoms with E-state index in [0.29, 0.717) is 11.4 Å². The van der Waals surface area contributed by atoms with Crippen LogP contribution >= 0.6 is 0 Å². The summed E-state index contributed by atoms with van der Waals surface area (Å²) in [4.78, 5) is 12.6. The molecule has 10 heteroatoms. The van der Waals surface area contributed by atoms with Crippen molar-refractivity contribution in [2.75, 3.05) is 21.0 Å². The van der Waals surface area contributed by atoms with Crippen LogP contribution in [0.5, 0.6) is 0 Å². The highest BCUT2D eigenvalue weighted by atomic mass is 32.2. The van der Waals surface area contributed by atoms with Crippen LogP contribution in [0.1, 0.15) is 21.5 Å². The van der Waals surface area contributed by atoms with E-state index in [2.05, 4.69) is 14.8 Å². The number of hydrogen-bond acceptors (Lipinski definition) is 5. The van der Waals surface area contributed by atoms with Crippen molar-refractivity contribution < 1.29 is 21.6 Å². The van der Waals surface area contributed by atoms with Crippen LogP contribution in [0, 0.1) is 13.8 Å². The van der Waals surface area contributed by atoms with Gasteiger partial charge in [0.05, 0.1) is 16.8 Å². The van der Waals surface area contributed by atoms with E-state index >= 15 is 0 Å². The third kappa shape index (κ3) is 6.08. The number of anilines is 3. The quantitative estimate of drug-likeness (QED) is 0.483. The van der Waals surface area contributed by atoms with Crippen LogP contribution in [0.3, 0.4) is 0 Å². The van der Waals surface area contributed by atoms with Gasteiger partial charge in [-0.1, -0.05) is 23.8 Å². The first kappa shape index (κ1) is 23.3. The summed E-state index contributed by atoms with van der Waals surface area (Å²) >= 11 is 0. The third-order valence-corrected chi connectivity index (χ3v) is 6.46. The van der Waals surface area contributed by atoms with Crippen molar-refractivity contribution in [1.82, 2.24) is 0 Å². The lowest BCUT2D eigenvalue weighted by Crippen LogP contribution is -2.15. The number of benzene rings is 3. The van der Waals surface area contributed by atoms with Crippen LogP contribution in [-0.4, -0.2) is 29.0 Å². The molecule has 0 aliphatic rings. The standard InChI is InChI=1S/C22H23N3O5S2/c1-15-7-12-21(16(2)13-15)25-32(29,30)20-10-8-18(9-11-20)23-22(26)17-5-4-6-19(14-17)24-31(3,27)28/h4-14,24-25H,1-3H3,(H,23,26). The maximum absolute atomic E-state index is 12.7. The number of hydrogen-bond donors (Lipinski definition) is 3. The highest BCUT2D eigenvalue weighted by Crippen LogP contribution is 2.22. The molecule has 0 aliphatic heterocycles. The molecule has 0 saturated carbocycles. The molecule has 0 aliphatic carbocycles. The van der Waals surface area contributed by atoms with Crippen molar-refractivity contribution in [2.45, 2.75) is 18.7 Å². The van der Waals surface area contributed by atoms with Gasteiger partial charge in [-0.2, -0.15) is 0 Å². The smallest absolute Gasteiger partial charge is 0.261 e. The first-order valence-corrected chi connectivity index (χ1v) is 12.9. The van der Waals surface area contributed by atoms with Gasteiger partial charge >= 0.3 is 0 Å². The molecule has 3 aromatic carbocycles. The summed E-state index contributed by atoms with van der Waals surface area (Å²) in [6.45, 7) is 3.75. The average Bonchev–Trinajstić information content (AvgIpc) is 2.69. The summed E-state index contributed by atoms with van der Waals surface area (Å²) in [6.07, 6.45) is 1.02. The summed E-state index contributed by atoms with van der Waals surface area (Å²) in [7, 11) is -7.27. The molecular formula is C22H23N3O5S2. The van der Waals surface area contributed by atoms with E-state index in [4.69, 9.17) is 0 Å². The molecule has 3 N–H and O–H groups in total. The number of nitrogens with one attached hydrogen (secondary N) is 3. The topological polar surface area (TPSA) is 121 Å². The van der Waals surface area contributed by atoms with Gasteiger partial charge in [-0.25, -0.2) is 16.8 Å². The number of sulfonamides is 2. The second-order valence-corrected chi connectivity index (χ2v) is 10.8. The number of aryl methyl sites for hydroxylation is 2. The number of amides is 1. The van der Waals surface area contributed by atoms with Crippen LogP contribution in [0.25, 0.3) is 0 Å². The number of carbonyl (C=O) groups is 1. The minimum Gasteiger partial charge on any atom is -0.322 e. The Kier molecular flexibility index (Phi) is 6.56. The maximum atomic E-state index is 12.7. The molecule has 0 heterocycles. The zero-order valence-corrected chi connectivity index (χ0v) is 19.3. The van der Waals surface area contributed by atoms with E-state index < -0.39 is 26.0 Å². The molecular weight excluding hydrogens is 450 g/mol. The van der Waals surface area contributed by atoms with Crippen molar-refractivity contribution in [1.29, 1.82) is 0 Å². The molecule has 1 amide bonds. The van der Waals surface area contributed by atoms with Gasteiger partial charge in [0.1, 0.15) is 0 Å². The van der Waals surface area contributed by atoms with Gasteiger partial charge in [-0.15, -0.1) is 0 Å². The second-order valence-electron chi connectivity index (χ2n) is 7.36. The predicted octanol–water partition coefficient (Wildman–Crippen LogP) is 3.73. The fraction of sp³-hybridized carbons (Fsp3) is 0.136. The summed E-state index contributed by atoms with van der Waals surface area (Å²) in [6, 6.07) is 17.2. The Morgan fingerprint density at radius 2 is 1.47 bits per heavy atom. The lowest BCUT2D eigenvalue weighted by molar-refractivity contribution is 0.102. The molecule has 168 valence electrons. The van der Waals surface area contributed by atoms with Crippen LogP contribution in [0.15, 0.2) is 71.6 Å². The van der Waals surface area contributed by atoms with E-state index in [9.17, 15) is 21.6 Å². The fourth-order valence-corrected chi connectivity index (χ4v) is 4.68. The number of carbonyl (C=O) groups excluding carboxylic acids is 1. The molecule has 0 spiro atoms. The fourth-order valence-electron chi connectivity index (χ4n) is 2.99. The lowest BCUT2D eigenvalue weighted by Gasteiger charge is -2.12. The zero-order chi connectivity index (χ0) is 23.5. The SMILES string of the molecule is Cc1ccc(NS(=O)(=O)c2ccc(NC(=O)c3cccc(NS(C)(=O)=O)c3)cc2)c(C)c1. The Morgan fingerprint density at radius 1 is 0.781 bits per heavy atom. The molecule has 3 aromatic rings. The molecule has 0 fully saturated rings. The Hall–Kier alpha value is -3.37. The Labute approximate surface area is 187 Å². The molecule has 0 atom stereocenters. The molecule has 32 heavy (non-hydrogen) atoms. The van der Waals surface area contributed by atoms with Crippen molar-refractivity contribution in [3.63, 3.8) is 0 Å². The van der Waals surface area contributed by atoms with E-state index in [0.717, 1.165) is 17.4 Å². The second kappa shape index (κ2) is 9.01.